The summed E-state index contributed by atoms with van der Waals surface area (Å²) in [5.74, 6) is -0.730. The molecule has 0 aliphatic carbocycles. The second-order valence-electron chi connectivity index (χ2n) is 6.99. The number of esters is 1. The fourth-order valence-corrected chi connectivity index (χ4v) is 4.15. The largest absolute Gasteiger partial charge is 0.465 e. The first-order chi connectivity index (χ1) is 15.3. The van der Waals surface area contributed by atoms with Crippen molar-refractivity contribution in [2.45, 2.75) is 19.9 Å². The Kier molecular flexibility index (Phi) is 8.01. The summed E-state index contributed by atoms with van der Waals surface area (Å²) >= 11 is 18.4. The van der Waals surface area contributed by atoms with Gasteiger partial charge in [-0.3, -0.25) is 4.79 Å². The molecule has 0 fully saturated rings. The van der Waals surface area contributed by atoms with Crippen LogP contribution in [-0.2, 0) is 22.4 Å². The Labute approximate surface area is 201 Å². The first-order valence-electron chi connectivity index (χ1n) is 9.92. The lowest BCUT2D eigenvalue weighted by Crippen LogP contribution is -2.27. The number of aromatic nitrogens is 1. The number of rotatable bonds is 7. The zero-order valence-corrected chi connectivity index (χ0v) is 20.1. The fraction of sp³-hybridized carbons (Fsp3) is 0.250. The summed E-state index contributed by atoms with van der Waals surface area (Å²) in [6.45, 7) is 2.81. The van der Waals surface area contributed by atoms with E-state index in [-0.39, 0.29) is 5.56 Å². The SMILES string of the molecule is CCn1c(CCOC)c(-c2ccc(Cl)cc2)c(=O)c(C(=O)OC)c1-c1ccc(Cl)c(Cl)c1. The van der Waals surface area contributed by atoms with E-state index in [1.807, 2.05) is 11.5 Å². The molecule has 2 aromatic carbocycles. The van der Waals surface area contributed by atoms with Gasteiger partial charge in [0, 0.05) is 41.9 Å². The summed E-state index contributed by atoms with van der Waals surface area (Å²) in [4.78, 5) is 26.7. The Morgan fingerprint density at radius 1 is 0.969 bits per heavy atom. The summed E-state index contributed by atoms with van der Waals surface area (Å²) < 4.78 is 12.2. The molecule has 0 unspecified atom stereocenters. The van der Waals surface area contributed by atoms with Crippen molar-refractivity contribution in [2.75, 3.05) is 20.8 Å². The summed E-state index contributed by atoms with van der Waals surface area (Å²) in [6, 6.07) is 11.9. The zero-order chi connectivity index (χ0) is 23.4. The van der Waals surface area contributed by atoms with E-state index in [0.29, 0.717) is 57.0 Å². The average Bonchev–Trinajstić information content (AvgIpc) is 2.79. The minimum atomic E-state index is -0.730. The van der Waals surface area contributed by atoms with Gasteiger partial charge < -0.3 is 14.0 Å². The Bertz CT molecular complexity index is 1200. The topological polar surface area (TPSA) is 57.5 Å². The van der Waals surface area contributed by atoms with Crippen LogP contribution in [0.5, 0.6) is 0 Å². The van der Waals surface area contributed by atoms with Crippen LogP contribution in [0.2, 0.25) is 15.1 Å². The van der Waals surface area contributed by atoms with Crippen LogP contribution >= 0.6 is 34.8 Å². The lowest BCUT2D eigenvalue weighted by molar-refractivity contribution is 0.0599. The van der Waals surface area contributed by atoms with Crippen molar-refractivity contribution in [1.82, 2.24) is 4.57 Å². The second kappa shape index (κ2) is 10.5. The third-order valence-corrected chi connectivity index (χ3v) is 6.14. The predicted octanol–water partition coefficient (Wildman–Crippen LogP) is 6.14. The summed E-state index contributed by atoms with van der Waals surface area (Å²) in [7, 11) is 2.84. The predicted molar refractivity (Wildman–Crippen MR) is 129 cm³/mol. The van der Waals surface area contributed by atoms with Crippen LogP contribution in [-0.4, -0.2) is 31.4 Å². The van der Waals surface area contributed by atoms with Crippen molar-refractivity contribution in [3.8, 4) is 22.4 Å². The quantitative estimate of drug-likeness (QED) is 0.370. The molecule has 32 heavy (non-hydrogen) atoms. The number of nitrogens with zero attached hydrogens (tertiary/aromatic N) is 1. The van der Waals surface area contributed by atoms with Gasteiger partial charge >= 0.3 is 5.97 Å². The Morgan fingerprint density at radius 3 is 2.19 bits per heavy atom. The van der Waals surface area contributed by atoms with Crippen molar-refractivity contribution in [3.05, 3.63) is 79.0 Å². The molecule has 3 aromatic rings. The molecule has 8 heteroatoms. The van der Waals surface area contributed by atoms with Gasteiger partial charge in [-0.05, 0) is 36.8 Å². The fourth-order valence-electron chi connectivity index (χ4n) is 3.73. The van der Waals surface area contributed by atoms with E-state index in [1.165, 1.54) is 7.11 Å². The van der Waals surface area contributed by atoms with Gasteiger partial charge in [0.25, 0.3) is 0 Å². The van der Waals surface area contributed by atoms with Gasteiger partial charge in [0.05, 0.1) is 29.5 Å². The highest BCUT2D eigenvalue weighted by atomic mass is 35.5. The highest BCUT2D eigenvalue weighted by Gasteiger charge is 2.28. The molecule has 0 aliphatic heterocycles. The number of carbonyl (C=O) groups is 1. The average molecular weight is 495 g/mol. The summed E-state index contributed by atoms with van der Waals surface area (Å²) in [5, 5.41) is 1.23. The van der Waals surface area contributed by atoms with Gasteiger partial charge in [0.15, 0.2) is 0 Å². The monoisotopic (exact) mass is 493 g/mol. The van der Waals surface area contributed by atoms with Gasteiger partial charge in [-0.1, -0.05) is 53.0 Å². The molecule has 168 valence electrons. The van der Waals surface area contributed by atoms with Crippen molar-refractivity contribution in [2.24, 2.45) is 0 Å². The molecular weight excluding hydrogens is 473 g/mol. The molecule has 0 saturated heterocycles. The van der Waals surface area contributed by atoms with Crippen LogP contribution in [0.15, 0.2) is 47.3 Å². The summed E-state index contributed by atoms with van der Waals surface area (Å²) in [6.07, 6.45) is 0.452. The third-order valence-electron chi connectivity index (χ3n) is 5.15. The molecular formula is C24H22Cl3NO4. The lowest BCUT2D eigenvalue weighted by atomic mass is 9.94. The van der Waals surface area contributed by atoms with Gasteiger partial charge in [0.2, 0.25) is 5.43 Å². The normalized spacial score (nSPS) is 10.9. The molecule has 0 radical (unpaired) electrons. The van der Waals surface area contributed by atoms with Crippen LogP contribution in [0.3, 0.4) is 0 Å². The maximum absolute atomic E-state index is 13.8. The Hall–Kier alpha value is -2.31. The van der Waals surface area contributed by atoms with E-state index >= 15 is 0 Å². The highest BCUT2D eigenvalue weighted by Crippen LogP contribution is 2.34. The molecule has 1 aromatic heterocycles. The van der Waals surface area contributed by atoms with E-state index in [2.05, 4.69) is 0 Å². The second-order valence-corrected chi connectivity index (χ2v) is 8.24. The summed E-state index contributed by atoms with van der Waals surface area (Å²) in [5.41, 5.74) is 2.29. The van der Waals surface area contributed by atoms with Crippen LogP contribution in [0.4, 0.5) is 0 Å². The van der Waals surface area contributed by atoms with E-state index in [0.717, 1.165) is 5.69 Å². The first-order valence-corrected chi connectivity index (χ1v) is 11.1. The maximum atomic E-state index is 13.8. The number of ether oxygens (including phenoxy) is 2. The van der Waals surface area contributed by atoms with Gasteiger partial charge in [-0.2, -0.15) is 0 Å². The number of benzene rings is 2. The molecule has 3 rings (SSSR count). The number of carbonyl (C=O) groups excluding carboxylic acids is 1. The van der Waals surface area contributed by atoms with Crippen molar-refractivity contribution in [3.63, 3.8) is 0 Å². The van der Waals surface area contributed by atoms with E-state index in [9.17, 15) is 9.59 Å². The maximum Gasteiger partial charge on any atom is 0.344 e. The van der Waals surface area contributed by atoms with Crippen LogP contribution in [0.25, 0.3) is 22.4 Å². The van der Waals surface area contributed by atoms with Gasteiger partial charge in [0.1, 0.15) is 5.56 Å². The van der Waals surface area contributed by atoms with Crippen LogP contribution in [0.1, 0.15) is 23.0 Å². The minimum Gasteiger partial charge on any atom is -0.465 e. The third kappa shape index (κ3) is 4.71. The number of halogens is 3. The van der Waals surface area contributed by atoms with E-state index in [4.69, 9.17) is 44.3 Å². The van der Waals surface area contributed by atoms with Crippen molar-refractivity contribution < 1.29 is 14.3 Å². The molecule has 0 bridgehead atoms. The molecule has 0 saturated carbocycles. The number of hydrogen-bond donors (Lipinski definition) is 0. The standard InChI is InChI=1S/C24H22Cl3NO4/c1-4-28-19(11-12-31-2)20(14-5-8-16(25)9-6-14)23(29)21(24(30)32-3)22(28)15-7-10-17(26)18(27)13-15/h5-10,13H,4,11-12H2,1-3H3. The first kappa shape index (κ1) is 24.3. The van der Waals surface area contributed by atoms with Crippen molar-refractivity contribution in [1.29, 1.82) is 0 Å². The zero-order valence-electron chi connectivity index (χ0n) is 17.9. The smallest absolute Gasteiger partial charge is 0.344 e. The Balaban J connectivity index is 2.49. The molecule has 0 atom stereocenters. The highest BCUT2D eigenvalue weighted by molar-refractivity contribution is 6.42. The van der Waals surface area contributed by atoms with Crippen LogP contribution < -0.4 is 5.43 Å². The number of pyridine rings is 1. The molecule has 0 N–H and O–H groups in total. The molecule has 1 heterocycles. The number of hydrogen-bond acceptors (Lipinski definition) is 4. The molecule has 0 amide bonds. The van der Waals surface area contributed by atoms with E-state index < -0.39 is 11.4 Å². The molecule has 0 spiro atoms. The van der Waals surface area contributed by atoms with Crippen LogP contribution in [0, 0.1) is 0 Å². The molecule has 5 nitrogen and oxygen atoms in total. The van der Waals surface area contributed by atoms with Gasteiger partial charge in [-0.15, -0.1) is 0 Å². The van der Waals surface area contributed by atoms with Crippen molar-refractivity contribution >= 4 is 40.8 Å². The molecule has 0 aliphatic rings. The number of methoxy groups -OCH3 is 2. The Morgan fingerprint density at radius 2 is 1.62 bits per heavy atom. The van der Waals surface area contributed by atoms with Gasteiger partial charge in [-0.25, -0.2) is 4.79 Å². The minimum absolute atomic E-state index is 0.0705. The van der Waals surface area contributed by atoms with E-state index in [1.54, 1.807) is 49.6 Å². The lowest BCUT2D eigenvalue weighted by Gasteiger charge is -2.24.